The van der Waals surface area contributed by atoms with E-state index in [0.717, 1.165) is 0 Å². The average Bonchev–Trinajstić information content (AvgIpc) is 2.67. The number of hydrogen-bond acceptors (Lipinski definition) is 5. The first-order valence-electron chi connectivity index (χ1n) is 8.38. The Hall–Kier alpha value is -3.59. The Morgan fingerprint density at radius 2 is 1.52 bits per heavy atom. The van der Waals surface area contributed by atoms with Crippen LogP contribution in [0.5, 0.6) is 5.75 Å². The molecule has 0 aliphatic heterocycles. The van der Waals surface area contributed by atoms with Crippen molar-refractivity contribution >= 4 is 52.3 Å². The summed E-state index contributed by atoms with van der Waals surface area (Å²) in [5.41, 5.74) is 1.24. The van der Waals surface area contributed by atoms with Gasteiger partial charge in [0.25, 0.3) is 0 Å². The molecule has 0 spiro atoms. The molecule has 0 saturated carbocycles. The molecule has 0 unspecified atom stereocenters. The molecule has 0 atom stereocenters. The Bertz CT molecular complexity index is 931. The van der Waals surface area contributed by atoms with Crippen molar-refractivity contribution in [3.05, 3.63) is 47.5 Å². The van der Waals surface area contributed by atoms with E-state index in [2.05, 4.69) is 21.3 Å². The van der Waals surface area contributed by atoms with Gasteiger partial charge in [-0.3, -0.25) is 19.2 Å². The van der Waals surface area contributed by atoms with Crippen LogP contribution in [0.25, 0.3) is 0 Å². The maximum Gasteiger partial charge on any atom is 0.313 e. The van der Waals surface area contributed by atoms with E-state index in [1.807, 2.05) is 0 Å². The molecule has 4 amide bonds. The number of hydrogen-bond donors (Lipinski definition) is 4. The van der Waals surface area contributed by atoms with Crippen LogP contribution in [0.1, 0.15) is 6.92 Å². The van der Waals surface area contributed by atoms with Gasteiger partial charge in [-0.25, -0.2) is 0 Å². The molecule has 0 aliphatic rings. The third kappa shape index (κ3) is 6.82. The second-order valence-corrected chi connectivity index (χ2v) is 6.22. The molecule has 29 heavy (non-hydrogen) atoms. The third-order valence-corrected chi connectivity index (χ3v) is 3.75. The lowest BCUT2D eigenvalue weighted by molar-refractivity contribution is -0.136. The standard InChI is InChI=1S/C19H19ClN4O5/c1-11(25)22-13-4-6-14(7-5-13)23-19(28)18(27)21-10-17(26)24-15-9-12(20)3-8-16(15)29-2/h3-9H,10H2,1-2H3,(H,21,27)(H,22,25)(H,23,28)(H,24,26). The molecule has 152 valence electrons. The molecule has 0 bridgehead atoms. The third-order valence-electron chi connectivity index (χ3n) is 3.51. The lowest BCUT2D eigenvalue weighted by Crippen LogP contribution is -2.39. The van der Waals surface area contributed by atoms with Crippen LogP contribution in [0, 0.1) is 0 Å². The van der Waals surface area contributed by atoms with Crippen LogP contribution in [0.3, 0.4) is 0 Å². The summed E-state index contributed by atoms with van der Waals surface area (Å²) < 4.78 is 5.11. The monoisotopic (exact) mass is 418 g/mol. The van der Waals surface area contributed by atoms with Gasteiger partial charge in [0.15, 0.2) is 0 Å². The van der Waals surface area contributed by atoms with Gasteiger partial charge in [-0.1, -0.05) is 11.6 Å². The van der Waals surface area contributed by atoms with E-state index in [1.165, 1.54) is 32.2 Å². The first-order valence-corrected chi connectivity index (χ1v) is 8.76. The van der Waals surface area contributed by atoms with Crippen LogP contribution >= 0.6 is 11.6 Å². The lowest BCUT2D eigenvalue weighted by atomic mass is 10.2. The summed E-state index contributed by atoms with van der Waals surface area (Å²) in [4.78, 5) is 46.8. The minimum absolute atomic E-state index is 0.227. The van der Waals surface area contributed by atoms with E-state index in [4.69, 9.17) is 16.3 Å². The molecule has 4 N–H and O–H groups in total. The fourth-order valence-corrected chi connectivity index (χ4v) is 2.41. The summed E-state index contributed by atoms with van der Waals surface area (Å²) in [7, 11) is 1.44. The summed E-state index contributed by atoms with van der Waals surface area (Å²) in [6.07, 6.45) is 0. The van der Waals surface area contributed by atoms with Crippen molar-refractivity contribution in [2.75, 3.05) is 29.6 Å². The summed E-state index contributed by atoms with van der Waals surface area (Å²) in [5.74, 6) is -2.31. The SMILES string of the molecule is COc1ccc(Cl)cc1NC(=O)CNC(=O)C(=O)Nc1ccc(NC(C)=O)cc1. The number of nitrogens with one attached hydrogen (secondary N) is 4. The van der Waals surface area contributed by atoms with Gasteiger partial charge in [0, 0.05) is 23.3 Å². The Kier molecular flexibility index (Phi) is 7.55. The fraction of sp³-hybridized carbons (Fsp3) is 0.158. The quantitative estimate of drug-likeness (QED) is 0.534. The molecule has 0 heterocycles. The van der Waals surface area contributed by atoms with Crippen LogP contribution < -0.4 is 26.0 Å². The summed E-state index contributed by atoms with van der Waals surface area (Å²) in [6, 6.07) is 10.9. The zero-order chi connectivity index (χ0) is 21.4. The van der Waals surface area contributed by atoms with Gasteiger partial charge in [-0.15, -0.1) is 0 Å². The largest absolute Gasteiger partial charge is 0.495 e. The Labute approximate surface area is 171 Å². The van der Waals surface area contributed by atoms with Crippen molar-refractivity contribution in [1.82, 2.24) is 5.32 Å². The molecule has 2 rings (SSSR count). The second kappa shape index (κ2) is 10.1. The molecule has 9 nitrogen and oxygen atoms in total. The van der Waals surface area contributed by atoms with Crippen molar-refractivity contribution in [3.8, 4) is 5.75 Å². The minimum Gasteiger partial charge on any atom is -0.495 e. The maximum absolute atomic E-state index is 12.0. The normalized spacial score (nSPS) is 9.90. The number of methoxy groups -OCH3 is 1. The molecular formula is C19H19ClN4O5. The summed E-state index contributed by atoms with van der Waals surface area (Å²) in [6.45, 7) is 0.946. The highest BCUT2D eigenvalue weighted by atomic mass is 35.5. The number of amides is 4. The van der Waals surface area contributed by atoms with Gasteiger partial charge < -0.3 is 26.0 Å². The smallest absolute Gasteiger partial charge is 0.313 e. The van der Waals surface area contributed by atoms with Gasteiger partial charge in [-0.2, -0.15) is 0 Å². The number of anilines is 3. The Balaban J connectivity index is 1.85. The van der Waals surface area contributed by atoms with Gasteiger partial charge in [0.05, 0.1) is 19.3 Å². The number of rotatable bonds is 6. The number of carbonyl (C=O) groups excluding carboxylic acids is 4. The lowest BCUT2D eigenvalue weighted by Gasteiger charge is -2.11. The zero-order valence-electron chi connectivity index (χ0n) is 15.7. The molecule has 0 aromatic heterocycles. The average molecular weight is 419 g/mol. The van der Waals surface area contributed by atoms with E-state index in [-0.39, 0.29) is 5.91 Å². The van der Waals surface area contributed by atoms with Gasteiger partial charge >= 0.3 is 11.8 Å². The second-order valence-electron chi connectivity index (χ2n) is 5.79. The number of carbonyl (C=O) groups is 4. The van der Waals surface area contributed by atoms with Crippen LogP contribution in [0.4, 0.5) is 17.1 Å². The van der Waals surface area contributed by atoms with Crippen LogP contribution in [0.15, 0.2) is 42.5 Å². The first kappa shape index (κ1) is 21.7. The van der Waals surface area contributed by atoms with Crippen LogP contribution in [-0.2, 0) is 19.2 Å². The van der Waals surface area contributed by atoms with Crippen molar-refractivity contribution in [2.24, 2.45) is 0 Å². The topological polar surface area (TPSA) is 126 Å². The Morgan fingerprint density at radius 1 is 0.897 bits per heavy atom. The van der Waals surface area contributed by atoms with Gasteiger partial charge in [0.2, 0.25) is 11.8 Å². The van der Waals surface area contributed by atoms with E-state index in [0.29, 0.717) is 27.8 Å². The highest BCUT2D eigenvalue weighted by Crippen LogP contribution is 2.27. The van der Waals surface area contributed by atoms with Crippen LogP contribution in [-0.4, -0.2) is 37.3 Å². The van der Waals surface area contributed by atoms with Gasteiger partial charge in [0.1, 0.15) is 5.75 Å². The van der Waals surface area contributed by atoms with E-state index in [1.54, 1.807) is 24.3 Å². The number of halogens is 1. The van der Waals surface area contributed by atoms with E-state index >= 15 is 0 Å². The molecule has 2 aromatic rings. The van der Waals surface area contributed by atoms with E-state index < -0.39 is 24.3 Å². The molecule has 0 fully saturated rings. The maximum atomic E-state index is 12.0. The van der Waals surface area contributed by atoms with Crippen molar-refractivity contribution in [1.29, 1.82) is 0 Å². The van der Waals surface area contributed by atoms with Gasteiger partial charge in [-0.05, 0) is 42.5 Å². The predicted molar refractivity (Wildman–Crippen MR) is 109 cm³/mol. The van der Waals surface area contributed by atoms with Crippen LogP contribution in [0.2, 0.25) is 5.02 Å². The summed E-state index contributed by atoms with van der Waals surface area (Å²) in [5, 5.41) is 10.1. The van der Waals surface area contributed by atoms with Crippen molar-refractivity contribution in [3.63, 3.8) is 0 Å². The number of ether oxygens (including phenoxy) is 1. The number of benzene rings is 2. The molecular weight excluding hydrogens is 400 g/mol. The van der Waals surface area contributed by atoms with Crippen molar-refractivity contribution < 1.29 is 23.9 Å². The first-order chi connectivity index (χ1) is 13.8. The van der Waals surface area contributed by atoms with Crippen molar-refractivity contribution in [2.45, 2.75) is 6.92 Å². The molecule has 0 saturated heterocycles. The highest BCUT2D eigenvalue weighted by Gasteiger charge is 2.16. The highest BCUT2D eigenvalue weighted by molar-refractivity contribution is 6.40. The molecule has 10 heteroatoms. The molecule has 0 aliphatic carbocycles. The fourth-order valence-electron chi connectivity index (χ4n) is 2.24. The Morgan fingerprint density at radius 3 is 2.10 bits per heavy atom. The summed E-state index contributed by atoms with van der Waals surface area (Å²) >= 11 is 5.89. The predicted octanol–water partition coefficient (Wildman–Crippen LogP) is 2.00. The minimum atomic E-state index is -0.982. The zero-order valence-corrected chi connectivity index (χ0v) is 16.4. The molecule has 2 aromatic carbocycles. The van der Waals surface area contributed by atoms with E-state index in [9.17, 15) is 19.2 Å². The molecule has 0 radical (unpaired) electrons.